The van der Waals surface area contributed by atoms with E-state index in [-0.39, 0.29) is 25.7 Å². The molecule has 0 saturated carbocycles. The van der Waals surface area contributed by atoms with Crippen LogP contribution in [0, 0.1) is 11.8 Å². The molecule has 0 spiro atoms. The van der Waals surface area contributed by atoms with Gasteiger partial charge in [0.2, 0.25) is 0 Å². The van der Waals surface area contributed by atoms with E-state index < -0.39 is 97.5 Å². The Morgan fingerprint density at radius 3 is 0.901 bits per heavy atom. The highest BCUT2D eigenvalue weighted by Crippen LogP contribution is 2.45. The van der Waals surface area contributed by atoms with Gasteiger partial charge in [-0.1, -0.05) is 291 Å². The van der Waals surface area contributed by atoms with Crippen molar-refractivity contribution in [3.05, 3.63) is 24.3 Å². The van der Waals surface area contributed by atoms with Crippen molar-refractivity contribution in [3.63, 3.8) is 0 Å². The van der Waals surface area contributed by atoms with Gasteiger partial charge in [-0.05, 0) is 63.2 Å². The summed E-state index contributed by atoms with van der Waals surface area (Å²) in [5.74, 6) is -0.653. The van der Waals surface area contributed by atoms with E-state index >= 15 is 0 Å². The molecule has 0 aliphatic carbocycles. The molecule has 0 aromatic heterocycles. The number of esters is 4. The van der Waals surface area contributed by atoms with E-state index in [2.05, 4.69) is 65.8 Å². The van der Waals surface area contributed by atoms with Crippen molar-refractivity contribution in [2.24, 2.45) is 11.8 Å². The first-order chi connectivity index (χ1) is 43.9. The third-order valence-electron chi connectivity index (χ3n) is 16.1. The predicted octanol–water partition coefficient (Wildman–Crippen LogP) is 20.3. The van der Waals surface area contributed by atoms with Crippen LogP contribution in [0.25, 0.3) is 0 Å². The molecule has 0 aromatic rings. The van der Waals surface area contributed by atoms with E-state index in [1.807, 2.05) is 0 Å². The highest BCUT2D eigenvalue weighted by atomic mass is 31.2. The number of hydrogen-bond donors (Lipinski definition) is 3. The second kappa shape index (κ2) is 63.6. The Bertz CT molecular complexity index is 1860. The molecule has 0 aromatic carbocycles. The van der Waals surface area contributed by atoms with E-state index in [9.17, 15) is 43.2 Å². The lowest BCUT2D eigenvalue weighted by Gasteiger charge is -2.21. The number of aliphatic hydroxyl groups is 1. The lowest BCUT2D eigenvalue weighted by molar-refractivity contribution is -0.161. The number of unbranched alkanes of at least 4 members (excludes halogenated alkanes) is 36. The van der Waals surface area contributed by atoms with Gasteiger partial charge in [-0.2, -0.15) is 0 Å². The number of carbonyl (C=O) groups is 4. The van der Waals surface area contributed by atoms with Gasteiger partial charge in [0.25, 0.3) is 0 Å². The molecule has 0 saturated heterocycles. The van der Waals surface area contributed by atoms with Crippen molar-refractivity contribution < 1.29 is 80.2 Å². The van der Waals surface area contributed by atoms with Gasteiger partial charge < -0.3 is 33.8 Å². The van der Waals surface area contributed by atoms with Crippen molar-refractivity contribution in [3.8, 4) is 0 Å². The van der Waals surface area contributed by atoms with E-state index in [1.165, 1.54) is 141 Å². The Kier molecular flexibility index (Phi) is 61.9. The number of phosphoric ester groups is 2. The second-order valence-electron chi connectivity index (χ2n) is 26.2. The van der Waals surface area contributed by atoms with E-state index in [0.717, 1.165) is 121 Å². The molecule has 5 atom stereocenters. The Morgan fingerprint density at radius 1 is 0.341 bits per heavy atom. The molecule has 0 rings (SSSR count). The molecular formula is C72H136O17P2. The normalized spacial score (nSPS) is 14.3. The van der Waals surface area contributed by atoms with Crippen molar-refractivity contribution in [2.75, 3.05) is 39.6 Å². The minimum Gasteiger partial charge on any atom is -0.462 e. The summed E-state index contributed by atoms with van der Waals surface area (Å²) in [6.45, 7) is 9.45. The number of aliphatic hydroxyl groups excluding tert-OH is 1. The third kappa shape index (κ3) is 66.0. The molecule has 2 unspecified atom stereocenters. The maximum absolute atomic E-state index is 13.0. The Labute approximate surface area is 554 Å². The Hall–Kier alpha value is -2.46. The minimum atomic E-state index is -4.96. The third-order valence-corrected chi connectivity index (χ3v) is 18.0. The van der Waals surface area contributed by atoms with Crippen LogP contribution in [0.3, 0.4) is 0 Å². The average Bonchev–Trinajstić information content (AvgIpc) is 3.64. The van der Waals surface area contributed by atoms with Gasteiger partial charge >= 0.3 is 39.5 Å². The van der Waals surface area contributed by atoms with Gasteiger partial charge in [0.15, 0.2) is 12.2 Å². The molecular weight excluding hydrogens is 1200 g/mol. The molecule has 0 amide bonds. The predicted molar refractivity (Wildman–Crippen MR) is 367 cm³/mol. The average molecular weight is 1340 g/mol. The summed E-state index contributed by atoms with van der Waals surface area (Å²) in [5.41, 5.74) is 0. The first kappa shape index (κ1) is 88.5. The van der Waals surface area contributed by atoms with Gasteiger partial charge in [0, 0.05) is 25.7 Å². The molecule has 0 radical (unpaired) electrons. The van der Waals surface area contributed by atoms with Gasteiger partial charge in [0.05, 0.1) is 26.4 Å². The van der Waals surface area contributed by atoms with Crippen molar-refractivity contribution in [1.29, 1.82) is 0 Å². The molecule has 0 aliphatic rings. The lowest BCUT2D eigenvalue weighted by Crippen LogP contribution is -2.30. The molecule has 0 bridgehead atoms. The summed E-state index contributed by atoms with van der Waals surface area (Å²) in [7, 11) is -9.91. The number of ether oxygens (including phenoxy) is 4. The number of phosphoric acid groups is 2. The topological polar surface area (TPSA) is 237 Å². The molecule has 17 nitrogen and oxygen atoms in total. The summed E-state index contributed by atoms with van der Waals surface area (Å²) in [6, 6.07) is 0. The van der Waals surface area contributed by atoms with Crippen LogP contribution in [-0.4, -0.2) is 96.7 Å². The first-order valence-electron chi connectivity index (χ1n) is 36.8. The fourth-order valence-corrected chi connectivity index (χ4v) is 12.0. The number of allylic oxidation sites excluding steroid dienone is 4. The summed E-state index contributed by atoms with van der Waals surface area (Å²) >= 11 is 0. The second-order valence-corrected chi connectivity index (χ2v) is 29.2. The van der Waals surface area contributed by atoms with Crippen LogP contribution >= 0.6 is 15.6 Å². The van der Waals surface area contributed by atoms with Crippen LogP contribution in [0.15, 0.2) is 24.3 Å². The van der Waals surface area contributed by atoms with Crippen LogP contribution in [0.4, 0.5) is 0 Å². The van der Waals surface area contributed by atoms with Gasteiger partial charge in [-0.15, -0.1) is 0 Å². The van der Waals surface area contributed by atoms with Crippen molar-refractivity contribution >= 4 is 39.5 Å². The highest BCUT2D eigenvalue weighted by Gasteiger charge is 2.30. The number of hydrogen-bond acceptors (Lipinski definition) is 15. The maximum Gasteiger partial charge on any atom is 0.472 e. The van der Waals surface area contributed by atoms with Crippen LogP contribution in [-0.2, 0) is 65.4 Å². The molecule has 0 heterocycles. The molecule has 19 heteroatoms. The zero-order chi connectivity index (χ0) is 67.2. The van der Waals surface area contributed by atoms with Crippen LogP contribution in [0.1, 0.15) is 343 Å². The Morgan fingerprint density at radius 2 is 0.593 bits per heavy atom. The molecule has 0 fully saturated rings. The summed E-state index contributed by atoms with van der Waals surface area (Å²) < 4.78 is 68.3. The summed E-state index contributed by atoms with van der Waals surface area (Å²) in [6.07, 6.45) is 52.2. The van der Waals surface area contributed by atoms with Crippen LogP contribution in [0.2, 0.25) is 0 Å². The first-order valence-corrected chi connectivity index (χ1v) is 39.8. The smallest absolute Gasteiger partial charge is 0.462 e. The van der Waals surface area contributed by atoms with E-state index in [0.29, 0.717) is 25.7 Å². The fourth-order valence-electron chi connectivity index (χ4n) is 10.4. The van der Waals surface area contributed by atoms with Gasteiger partial charge in [0.1, 0.15) is 19.3 Å². The van der Waals surface area contributed by atoms with Crippen LogP contribution < -0.4 is 0 Å². The summed E-state index contributed by atoms with van der Waals surface area (Å²) in [4.78, 5) is 72.5. The molecule has 91 heavy (non-hydrogen) atoms. The quantitative estimate of drug-likeness (QED) is 0.0169. The minimum absolute atomic E-state index is 0.100. The highest BCUT2D eigenvalue weighted by molar-refractivity contribution is 7.47. The number of rotatable bonds is 69. The zero-order valence-corrected chi connectivity index (χ0v) is 60.4. The zero-order valence-electron chi connectivity index (χ0n) is 58.6. The monoisotopic (exact) mass is 1330 g/mol. The van der Waals surface area contributed by atoms with Gasteiger partial charge in [-0.3, -0.25) is 37.3 Å². The van der Waals surface area contributed by atoms with Crippen molar-refractivity contribution in [1.82, 2.24) is 0 Å². The molecule has 536 valence electrons. The standard InChI is InChI=1S/C72H136O17P2/c1-7-9-11-13-15-17-18-19-20-23-26-30-37-43-49-55-70(75)83-61-67(88-71(76)56-50-44-38-31-27-24-21-22-25-29-34-40-46-52-64(3)4)62-86-90(78,79)84-58-66(73)59-85-91(80,81)87-63-68(60-82-69(74)54-48-42-36-28-16-14-12-10-8-2)89-72(77)57-51-45-39-33-32-35-41-47-53-65(5)6/h17-20,64-68,73H,7-16,21-63H2,1-6H3,(H,78,79)(H,80,81)/b18-17-,20-19-/t66-,67-,68-/m1/s1. The van der Waals surface area contributed by atoms with E-state index in [4.69, 9.17) is 37.0 Å². The largest absolute Gasteiger partial charge is 0.472 e. The van der Waals surface area contributed by atoms with Gasteiger partial charge in [-0.25, -0.2) is 9.13 Å². The SMILES string of the molecule is CCCCCC/C=C\C=C/CCCCCCCC(=O)OC[C@H](COP(=O)(O)OC[C@@H](O)COP(=O)(O)OC[C@@H](COC(=O)CCCCCCCCCCC)OC(=O)CCCCCCCCCCC(C)C)OC(=O)CCCCCCCCCCCCCCCC(C)C. The van der Waals surface area contributed by atoms with Crippen molar-refractivity contribution in [2.45, 2.75) is 362 Å². The summed E-state index contributed by atoms with van der Waals surface area (Å²) in [5, 5.41) is 10.6. The Balaban J connectivity index is 5.27. The lowest BCUT2D eigenvalue weighted by atomic mass is 10.0. The molecule has 0 aliphatic heterocycles. The number of carbonyl (C=O) groups excluding carboxylic acids is 4. The van der Waals surface area contributed by atoms with Crippen LogP contribution in [0.5, 0.6) is 0 Å². The maximum atomic E-state index is 13.0. The molecule has 3 N–H and O–H groups in total. The fraction of sp³-hybridized carbons (Fsp3) is 0.889. The van der Waals surface area contributed by atoms with E-state index in [1.54, 1.807) is 0 Å².